The van der Waals surface area contributed by atoms with E-state index >= 15 is 0 Å². The van der Waals surface area contributed by atoms with Crippen molar-refractivity contribution in [2.45, 2.75) is 12.1 Å². The highest BCUT2D eigenvalue weighted by Crippen LogP contribution is 2.42. The topological polar surface area (TPSA) is 76.2 Å². The Hall–Kier alpha value is -4.11. The van der Waals surface area contributed by atoms with E-state index in [2.05, 4.69) is 10.3 Å². The number of benzene rings is 2. The summed E-state index contributed by atoms with van der Waals surface area (Å²) in [5.74, 6) is -0.330. The minimum Gasteiger partial charge on any atom is -0.351 e. The van der Waals surface area contributed by atoms with Gasteiger partial charge in [-0.3, -0.25) is 15.1 Å². The third-order valence-electron chi connectivity index (χ3n) is 5.62. The second-order valence-electron chi connectivity index (χ2n) is 7.55. The maximum absolute atomic E-state index is 13.6. The van der Waals surface area contributed by atoms with Gasteiger partial charge in [-0.25, -0.2) is 4.39 Å². The molecule has 1 aliphatic heterocycles. The van der Waals surface area contributed by atoms with E-state index in [9.17, 15) is 14.5 Å². The maximum atomic E-state index is 13.6. The van der Waals surface area contributed by atoms with Gasteiger partial charge in [0.15, 0.2) is 5.11 Å². The molecule has 2 atom stereocenters. The molecule has 0 spiro atoms. The summed E-state index contributed by atoms with van der Waals surface area (Å²) < 4.78 is 15.6. The van der Waals surface area contributed by atoms with E-state index in [1.54, 1.807) is 30.5 Å². The van der Waals surface area contributed by atoms with Crippen LogP contribution < -0.4 is 10.2 Å². The maximum Gasteiger partial charge on any atom is 0.269 e. The van der Waals surface area contributed by atoms with Crippen molar-refractivity contribution >= 4 is 28.7 Å². The lowest BCUT2D eigenvalue weighted by Gasteiger charge is -2.29. The minimum atomic E-state index is -0.424. The smallest absolute Gasteiger partial charge is 0.269 e. The fourth-order valence-electron chi connectivity index (χ4n) is 4.14. The summed E-state index contributed by atoms with van der Waals surface area (Å²) in [6.07, 6.45) is 3.63. The van der Waals surface area contributed by atoms with Crippen molar-refractivity contribution in [3.8, 4) is 5.69 Å². The van der Waals surface area contributed by atoms with Gasteiger partial charge in [-0.15, -0.1) is 0 Å². The molecule has 2 aromatic carbocycles. The van der Waals surface area contributed by atoms with Crippen LogP contribution in [-0.2, 0) is 0 Å². The fourth-order valence-corrected chi connectivity index (χ4v) is 4.49. The SMILES string of the molecule is O=[N+]([O-])c1ccc(-n2cccc2C2C(c3ccccn3)NC(=S)N2c2ccc(F)cc2)cc1. The van der Waals surface area contributed by atoms with E-state index in [-0.39, 0.29) is 23.6 Å². The van der Waals surface area contributed by atoms with Crippen LogP contribution in [0.1, 0.15) is 23.5 Å². The van der Waals surface area contributed by atoms with Crippen LogP contribution in [0.5, 0.6) is 0 Å². The fraction of sp³-hybridized carbons (Fsp3) is 0.0833. The van der Waals surface area contributed by atoms with E-state index in [4.69, 9.17) is 12.2 Å². The predicted octanol–water partition coefficient (Wildman–Crippen LogP) is 5.10. The van der Waals surface area contributed by atoms with Crippen LogP contribution in [0.3, 0.4) is 0 Å². The Kier molecular flexibility index (Phi) is 5.31. The zero-order chi connectivity index (χ0) is 22.9. The van der Waals surface area contributed by atoms with Crippen LogP contribution in [0.2, 0.25) is 0 Å². The summed E-state index contributed by atoms with van der Waals surface area (Å²) in [5, 5.41) is 14.9. The zero-order valence-corrected chi connectivity index (χ0v) is 18.0. The molecule has 1 saturated heterocycles. The van der Waals surface area contributed by atoms with Crippen LogP contribution in [0.25, 0.3) is 5.69 Å². The molecule has 1 N–H and O–H groups in total. The molecule has 0 saturated carbocycles. The van der Waals surface area contributed by atoms with E-state index in [0.29, 0.717) is 5.11 Å². The number of nitrogens with one attached hydrogen (secondary N) is 1. The molecule has 0 radical (unpaired) electrons. The van der Waals surface area contributed by atoms with Crippen molar-refractivity contribution in [3.05, 3.63) is 119 Å². The molecule has 3 heterocycles. The number of nitro groups is 1. The summed E-state index contributed by atoms with van der Waals surface area (Å²) in [7, 11) is 0. The number of thiocarbonyl (C=S) groups is 1. The van der Waals surface area contributed by atoms with Gasteiger partial charge in [0.05, 0.1) is 16.7 Å². The monoisotopic (exact) mass is 459 g/mol. The van der Waals surface area contributed by atoms with Gasteiger partial charge in [-0.2, -0.15) is 0 Å². The molecule has 5 rings (SSSR count). The number of hydrogen-bond donors (Lipinski definition) is 1. The standard InChI is InChI=1S/C24H18FN5O2S/c25-16-6-8-18(9-7-16)29-23(22(27-24(29)33)20-4-1-2-14-26-20)21-5-3-15-28(21)17-10-12-19(13-11-17)30(31)32/h1-15,22-23H,(H,27,33). The van der Waals surface area contributed by atoms with Crippen molar-refractivity contribution in [2.75, 3.05) is 4.90 Å². The Morgan fingerprint density at radius 2 is 1.70 bits per heavy atom. The first-order valence-corrected chi connectivity index (χ1v) is 10.6. The number of non-ortho nitro benzene ring substituents is 1. The predicted molar refractivity (Wildman–Crippen MR) is 127 cm³/mol. The second-order valence-corrected chi connectivity index (χ2v) is 7.94. The normalized spacial score (nSPS) is 17.7. The van der Waals surface area contributed by atoms with Crippen LogP contribution in [0.4, 0.5) is 15.8 Å². The van der Waals surface area contributed by atoms with Gasteiger partial charge in [0, 0.05) is 41.6 Å². The number of pyridine rings is 1. The van der Waals surface area contributed by atoms with Crippen LogP contribution in [0.15, 0.2) is 91.3 Å². The lowest BCUT2D eigenvalue weighted by molar-refractivity contribution is -0.384. The Labute approximate surface area is 194 Å². The third-order valence-corrected chi connectivity index (χ3v) is 5.94. The van der Waals surface area contributed by atoms with Crippen molar-refractivity contribution in [1.82, 2.24) is 14.9 Å². The molecule has 0 aliphatic carbocycles. The molecule has 164 valence electrons. The highest BCUT2D eigenvalue weighted by atomic mass is 32.1. The lowest BCUT2D eigenvalue weighted by atomic mass is 10.0. The average molecular weight is 460 g/mol. The van der Waals surface area contributed by atoms with Gasteiger partial charge in [-0.05, 0) is 72.9 Å². The second kappa shape index (κ2) is 8.44. The summed E-state index contributed by atoms with van der Waals surface area (Å²) in [6.45, 7) is 0. The van der Waals surface area contributed by atoms with Gasteiger partial charge in [0.1, 0.15) is 11.9 Å². The van der Waals surface area contributed by atoms with Gasteiger partial charge in [-0.1, -0.05) is 6.07 Å². The lowest BCUT2D eigenvalue weighted by Crippen LogP contribution is -2.30. The van der Waals surface area contributed by atoms with E-state index in [1.807, 2.05) is 46.0 Å². The number of aromatic nitrogens is 2. The highest BCUT2D eigenvalue weighted by molar-refractivity contribution is 7.80. The molecule has 0 amide bonds. The van der Waals surface area contributed by atoms with Gasteiger partial charge < -0.3 is 14.8 Å². The quantitative estimate of drug-likeness (QED) is 0.254. The zero-order valence-electron chi connectivity index (χ0n) is 17.2. The van der Waals surface area contributed by atoms with E-state index in [1.165, 1.54) is 24.3 Å². The van der Waals surface area contributed by atoms with Crippen molar-refractivity contribution in [1.29, 1.82) is 0 Å². The molecule has 1 aliphatic rings. The van der Waals surface area contributed by atoms with Gasteiger partial charge in [0.25, 0.3) is 5.69 Å². The van der Waals surface area contributed by atoms with Crippen molar-refractivity contribution in [2.24, 2.45) is 0 Å². The third kappa shape index (κ3) is 3.83. The molecule has 33 heavy (non-hydrogen) atoms. The highest BCUT2D eigenvalue weighted by Gasteiger charge is 2.42. The number of rotatable bonds is 5. The molecule has 9 heteroatoms. The molecule has 2 unspecified atom stereocenters. The van der Waals surface area contributed by atoms with Crippen molar-refractivity contribution < 1.29 is 9.31 Å². The summed E-state index contributed by atoms with van der Waals surface area (Å²) >= 11 is 5.70. The molecular formula is C24H18FN5O2S. The number of nitrogens with zero attached hydrogens (tertiary/aromatic N) is 4. The Morgan fingerprint density at radius 3 is 2.36 bits per heavy atom. The number of hydrogen-bond acceptors (Lipinski definition) is 4. The van der Waals surface area contributed by atoms with E-state index in [0.717, 1.165) is 22.8 Å². The van der Waals surface area contributed by atoms with Crippen molar-refractivity contribution in [3.63, 3.8) is 0 Å². The van der Waals surface area contributed by atoms with Crippen LogP contribution in [0, 0.1) is 15.9 Å². The number of halogens is 1. The van der Waals surface area contributed by atoms with Crippen LogP contribution in [-0.4, -0.2) is 19.6 Å². The summed E-state index contributed by atoms with van der Waals surface area (Å²) in [4.78, 5) is 17.1. The number of anilines is 1. The number of nitro benzene ring substituents is 1. The summed E-state index contributed by atoms with van der Waals surface area (Å²) in [5.41, 5.74) is 3.25. The van der Waals surface area contributed by atoms with Crippen LogP contribution >= 0.6 is 12.2 Å². The van der Waals surface area contributed by atoms with Gasteiger partial charge >= 0.3 is 0 Å². The van der Waals surface area contributed by atoms with Gasteiger partial charge in [0.2, 0.25) is 0 Å². The first kappa shape index (κ1) is 20.8. The molecule has 0 bridgehead atoms. The molecular weight excluding hydrogens is 441 g/mol. The molecule has 7 nitrogen and oxygen atoms in total. The largest absolute Gasteiger partial charge is 0.351 e. The Bertz CT molecular complexity index is 1310. The molecule has 4 aromatic rings. The average Bonchev–Trinajstić information content (AvgIpc) is 3.44. The Balaban J connectivity index is 1.63. The summed E-state index contributed by atoms with van der Waals surface area (Å²) in [6, 6.07) is 21.6. The minimum absolute atomic E-state index is 0.0236. The van der Waals surface area contributed by atoms with E-state index < -0.39 is 4.92 Å². The first-order valence-electron chi connectivity index (χ1n) is 10.2. The molecule has 1 fully saturated rings. The molecule has 2 aromatic heterocycles. The first-order chi connectivity index (χ1) is 16.0. The Morgan fingerprint density at radius 1 is 0.970 bits per heavy atom.